The quantitative estimate of drug-likeness (QED) is 0.777. The van der Waals surface area contributed by atoms with E-state index in [1.807, 2.05) is 16.8 Å². The highest BCUT2D eigenvalue weighted by Crippen LogP contribution is 2.27. The third-order valence-electron chi connectivity index (χ3n) is 4.34. The van der Waals surface area contributed by atoms with Gasteiger partial charge >= 0.3 is 0 Å². The van der Waals surface area contributed by atoms with Crippen LogP contribution in [0.3, 0.4) is 0 Å². The molecule has 0 saturated carbocycles. The van der Waals surface area contributed by atoms with Gasteiger partial charge in [-0.3, -0.25) is 4.79 Å². The van der Waals surface area contributed by atoms with Gasteiger partial charge < -0.3 is 4.90 Å². The number of anilines is 1. The minimum Gasteiger partial charge on any atom is -0.364 e. The first kappa shape index (κ1) is 15.0. The lowest BCUT2D eigenvalue weighted by atomic mass is 10.1. The van der Waals surface area contributed by atoms with Crippen molar-refractivity contribution in [3.63, 3.8) is 0 Å². The summed E-state index contributed by atoms with van der Waals surface area (Å²) < 4.78 is 1.93. The fourth-order valence-corrected chi connectivity index (χ4v) is 3.27. The van der Waals surface area contributed by atoms with E-state index in [9.17, 15) is 4.79 Å². The van der Waals surface area contributed by atoms with Crippen LogP contribution in [0, 0.1) is 6.92 Å². The number of aryl methyl sites for hydroxylation is 1. The van der Waals surface area contributed by atoms with Crippen molar-refractivity contribution in [1.29, 1.82) is 0 Å². The fraction of sp³-hybridized carbons (Fsp3) is 0.235. The van der Waals surface area contributed by atoms with Gasteiger partial charge in [0, 0.05) is 31.3 Å². The number of benzene rings is 1. The molecule has 0 bridgehead atoms. The van der Waals surface area contributed by atoms with Crippen molar-refractivity contribution in [2.24, 2.45) is 0 Å². The standard InChI is InChI=1S/C17H16ClN5O/c1-11-4-2-3-5-14(11)23-10-12-9-22(7-6-13(12)21-23)15-8-19-20-17(24)16(15)18/h2-5,8,10H,6-7,9H2,1H3,(H,20,24). The van der Waals surface area contributed by atoms with Crippen LogP contribution in [0.1, 0.15) is 16.8 Å². The molecule has 0 saturated heterocycles. The Hall–Kier alpha value is -2.60. The van der Waals surface area contributed by atoms with E-state index in [2.05, 4.69) is 40.4 Å². The number of nitrogens with one attached hydrogen (secondary N) is 1. The summed E-state index contributed by atoms with van der Waals surface area (Å²) in [6.07, 6.45) is 4.45. The fourth-order valence-electron chi connectivity index (χ4n) is 3.06. The van der Waals surface area contributed by atoms with Gasteiger partial charge in [-0.25, -0.2) is 9.78 Å². The molecule has 3 aromatic rings. The van der Waals surface area contributed by atoms with Crippen LogP contribution in [0.2, 0.25) is 5.02 Å². The van der Waals surface area contributed by atoms with Gasteiger partial charge in [-0.1, -0.05) is 29.8 Å². The SMILES string of the molecule is Cc1ccccc1-n1cc2c(n1)CCN(c1cn[nH]c(=O)c1Cl)C2. The number of hydrogen-bond donors (Lipinski definition) is 1. The molecule has 0 unspecified atom stereocenters. The number of nitrogens with zero attached hydrogens (tertiary/aromatic N) is 4. The summed E-state index contributed by atoms with van der Waals surface area (Å²) >= 11 is 6.13. The Morgan fingerprint density at radius 1 is 1.25 bits per heavy atom. The van der Waals surface area contributed by atoms with Gasteiger partial charge in [0.15, 0.2) is 0 Å². The van der Waals surface area contributed by atoms with E-state index < -0.39 is 0 Å². The maximum Gasteiger partial charge on any atom is 0.285 e. The van der Waals surface area contributed by atoms with Crippen LogP contribution in [0.4, 0.5) is 5.69 Å². The van der Waals surface area contributed by atoms with Gasteiger partial charge in [-0.15, -0.1) is 0 Å². The smallest absolute Gasteiger partial charge is 0.285 e. The van der Waals surface area contributed by atoms with Crippen molar-refractivity contribution in [1.82, 2.24) is 20.0 Å². The number of aromatic nitrogens is 4. The zero-order valence-electron chi connectivity index (χ0n) is 13.2. The highest BCUT2D eigenvalue weighted by Gasteiger charge is 2.23. The van der Waals surface area contributed by atoms with Crippen LogP contribution < -0.4 is 10.5 Å². The Labute approximate surface area is 143 Å². The maximum atomic E-state index is 11.7. The molecule has 4 rings (SSSR count). The summed E-state index contributed by atoms with van der Waals surface area (Å²) in [6.45, 7) is 3.48. The number of H-pyrrole nitrogens is 1. The Morgan fingerprint density at radius 2 is 2.08 bits per heavy atom. The summed E-state index contributed by atoms with van der Waals surface area (Å²) in [6, 6.07) is 8.16. The van der Waals surface area contributed by atoms with Crippen LogP contribution >= 0.6 is 11.6 Å². The molecule has 7 heteroatoms. The topological polar surface area (TPSA) is 66.8 Å². The lowest BCUT2D eigenvalue weighted by Gasteiger charge is -2.28. The molecule has 0 spiro atoms. The number of fused-ring (bicyclic) bond motifs is 1. The molecule has 1 aromatic carbocycles. The zero-order valence-corrected chi connectivity index (χ0v) is 13.9. The minimum atomic E-state index is -0.365. The first-order chi connectivity index (χ1) is 11.6. The summed E-state index contributed by atoms with van der Waals surface area (Å²) in [5.41, 5.74) is 4.78. The highest BCUT2D eigenvalue weighted by atomic mass is 35.5. The van der Waals surface area contributed by atoms with Gasteiger partial charge in [0.2, 0.25) is 0 Å². The van der Waals surface area contributed by atoms with Gasteiger partial charge in [0.1, 0.15) is 5.02 Å². The molecule has 1 aliphatic heterocycles. The molecule has 122 valence electrons. The Morgan fingerprint density at radius 3 is 2.92 bits per heavy atom. The van der Waals surface area contributed by atoms with E-state index in [-0.39, 0.29) is 10.6 Å². The summed E-state index contributed by atoms with van der Waals surface area (Å²) in [4.78, 5) is 13.7. The molecule has 24 heavy (non-hydrogen) atoms. The zero-order chi connectivity index (χ0) is 16.7. The second-order valence-corrected chi connectivity index (χ2v) is 6.28. The van der Waals surface area contributed by atoms with Crippen molar-refractivity contribution >= 4 is 17.3 Å². The Bertz CT molecular complexity index is 962. The van der Waals surface area contributed by atoms with Crippen molar-refractivity contribution < 1.29 is 0 Å². The molecule has 3 heterocycles. The summed E-state index contributed by atoms with van der Waals surface area (Å²) in [5, 5.41) is 11.1. The van der Waals surface area contributed by atoms with E-state index in [4.69, 9.17) is 16.7 Å². The molecule has 1 aliphatic rings. The van der Waals surface area contributed by atoms with E-state index in [1.165, 1.54) is 5.56 Å². The third kappa shape index (κ3) is 2.49. The normalized spacial score (nSPS) is 13.8. The number of para-hydroxylation sites is 1. The van der Waals surface area contributed by atoms with E-state index in [0.717, 1.165) is 29.9 Å². The second-order valence-electron chi connectivity index (χ2n) is 5.90. The van der Waals surface area contributed by atoms with Gasteiger partial charge in [0.05, 0.1) is 23.3 Å². The van der Waals surface area contributed by atoms with Crippen molar-refractivity contribution in [3.05, 3.63) is 68.9 Å². The molecule has 0 amide bonds. The minimum absolute atomic E-state index is 0.180. The predicted octanol–water partition coefficient (Wildman–Crippen LogP) is 2.48. The van der Waals surface area contributed by atoms with E-state index >= 15 is 0 Å². The molecule has 0 fully saturated rings. The van der Waals surface area contributed by atoms with Gasteiger partial charge in [-0.2, -0.15) is 10.2 Å². The highest BCUT2D eigenvalue weighted by molar-refractivity contribution is 6.32. The van der Waals surface area contributed by atoms with Crippen LogP contribution in [0.25, 0.3) is 5.69 Å². The van der Waals surface area contributed by atoms with Crippen LogP contribution in [0.15, 0.2) is 41.5 Å². The molecular formula is C17H16ClN5O. The van der Waals surface area contributed by atoms with Crippen molar-refractivity contribution in [2.45, 2.75) is 19.9 Å². The second kappa shape index (κ2) is 5.79. The largest absolute Gasteiger partial charge is 0.364 e. The molecule has 0 aliphatic carbocycles. The first-order valence-corrected chi connectivity index (χ1v) is 8.13. The van der Waals surface area contributed by atoms with Crippen molar-refractivity contribution in [2.75, 3.05) is 11.4 Å². The Balaban J connectivity index is 1.68. The third-order valence-corrected chi connectivity index (χ3v) is 4.70. The average Bonchev–Trinajstić information content (AvgIpc) is 3.00. The molecular weight excluding hydrogens is 326 g/mol. The predicted molar refractivity (Wildman–Crippen MR) is 92.9 cm³/mol. The van der Waals surface area contributed by atoms with Gasteiger partial charge in [0.25, 0.3) is 5.56 Å². The molecule has 2 aromatic heterocycles. The monoisotopic (exact) mass is 341 g/mol. The van der Waals surface area contributed by atoms with Crippen LogP contribution in [-0.2, 0) is 13.0 Å². The Kier molecular flexibility index (Phi) is 3.61. The summed E-state index contributed by atoms with van der Waals surface area (Å²) in [5.74, 6) is 0. The number of halogens is 1. The van der Waals surface area contributed by atoms with Crippen LogP contribution in [0.5, 0.6) is 0 Å². The van der Waals surface area contributed by atoms with Gasteiger partial charge in [-0.05, 0) is 18.6 Å². The number of hydrogen-bond acceptors (Lipinski definition) is 4. The average molecular weight is 342 g/mol. The molecule has 0 radical (unpaired) electrons. The van der Waals surface area contributed by atoms with Crippen molar-refractivity contribution in [3.8, 4) is 5.69 Å². The number of aromatic amines is 1. The first-order valence-electron chi connectivity index (χ1n) is 7.75. The van der Waals surface area contributed by atoms with E-state index in [0.29, 0.717) is 12.2 Å². The lowest BCUT2D eigenvalue weighted by Crippen LogP contribution is -2.31. The molecule has 0 atom stereocenters. The lowest BCUT2D eigenvalue weighted by molar-refractivity contribution is 0.711. The van der Waals surface area contributed by atoms with Crippen LogP contribution in [-0.4, -0.2) is 26.5 Å². The van der Waals surface area contributed by atoms with E-state index in [1.54, 1.807) is 6.20 Å². The molecule has 1 N–H and O–H groups in total. The summed E-state index contributed by atoms with van der Waals surface area (Å²) in [7, 11) is 0. The molecule has 6 nitrogen and oxygen atoms in total. The maximum absolute atomic E-state index is 11.7. The number of rotatable bonds is 2.